The SMILES string of the molecule is CCC(C)c1ccc(C(C)(C)[Si]C(CC)(CC)c2ccc3c(C4=CCC(CCCC(C)C)C(c5cccc6ccccc56)=C4)c4ccccc4c(-c4cc5ccccc5c5ccccc45)c3c2)cc1. The molecule has 0 N–H and O–H groups in total. The molecule has 9 aromatic rings. The van der Waals surface area contributed by atoms with E-state index in [4.69, 9.17) is 0 Å². The maximum atomic E-state index is 2.67. The van der Waals surface area contributed by atoms with E-state index in [1.165, 1.54) is 123 Å². The molecule has 0 aliphatic heterocycles. The summed E-state index contributed by atoms with van der Waals surface area (Å²) < 4.78 is 0. The van der Waals surface area contributed by atoms with E-state index in [1.54, 1.807) is 0 Å². The molecule has 2 unspecified atom stereocenters. The third-order valence-electron chi connectivity index (χ3n) is 16.3. The highest BCUT2D eigenvalue weighted by atomic mass is 28.2. The highest BCUT2D eigenvalue weighted by molar-refractivity contribution is 6.44. The Kier molecular flexibility index (Phi) is 13.1. The minimum atomic E-state index is -0.00362. The summed E-state index contributed by atoms with van der Waals surface area (Å²) >= 11 is 0. The second-order valence-electron chi connectivity index (χ2n) is 21.3. The van der Waals surface area contributed by atoms with Gasteiger partial charge in [-0.15, -0.1) is 0 Å². The molecule has 1 aliphatic rings. The molecule has 0 heterocycles. The van der Waals surface area contributed by atoms with Crippen molar-refractivity contribution in [1.82, 2.24) is 0 Å². The van der Waals surface area contributed by atoms with Gasteiger partial charge in [0.05, 0.1) is 9.52 Å². The molecule has 0 nitrogen and oxygen atoms in total. The van der Waals surface area contributed by atoms with Crippen molar-refractivity contribution in [3.63, 3.8) is 0 Å². The van der Waals surface area contributed by atoms with Crippen LogP contribution in [0.2, 0.25) is 0 Å². The lowest BCUT2D eigenvalue weighted by Crippen LogP contribution is -2.43. The number of benzene rings is 9. The average molecular weight is 915 g/mol. The van der Waals surface area contributed by atoms with Crippen LogP contribution in [-0.2, 0) is 10.1 Å². The Morgan fingerprint density at radius 3 is 1.83 bits per heavy atom. The number of rotatable bonds is 15. The first kappa shape index (κ1) is 46.7. The molecule has 10 rings (SSSR count). The zero-order chi connectivity index (χ0) is 47.9. The molecule has 0 fully saturated rings. The minimum absolute atomic E-state index is 0.00229. The van der Waals surface area contributed by atoms with E-state index in [2.05, 4.69) is 231 Å². The standard InChI is InChI=1S/C68H70Si/c1-9-46(6)47-36-38-52(39-37-47)67(7,8)69-68(10-2,11-3)53-40-41-61-64(44-53)66(63-42-50-24-13-15-28-55(50)56-29-16-17-30-58(56)63)60-32-19-18-31-59(60)65(61)51-35-34-49(25-20-22-45(4)5)62(43-51)57-33-21-26-48-23-12-14-27-54(48)57/h12-19,21,23-24,26-33,35-46,49H,9-11,20,22,25,34H2,1-8H3. The van der Waals surface area contributed by atoms with Gasteiger partial charge in [0.1, 0.15) is 0 Å². The number of fused-ring (bicyclic) bond motifs is 6. The Morgan fingerprint density at radius 1 is 0.536 bits per heavy atom. The van der Waals surface area contributed by atoms with E-state index in [0.717, 1.165) is 25.7 Å². The first-order valence-corrected chi connectivity index (χ1v) is 27.2. The lowest BCUT2D eigenvalue weighted by atomic mass is 9.76. The summed E-state index contributed by atoms with van der Waals surface area (Å²) in [5, 5.41) is 13.2. The van der Waals surface area contributed by atoms with E-state index < -0.39 is 0 Å². The Balaban J connectivity index is 1.23. The zero-order valence-electron chi connectivity index (χ0n) is 42.4. The third-order valence-corrected chi connectivity index (χ3v) is 18.7. The van der Waals surface area contributed by atoms with Gasteiger partial charge in [-0.25, -0.2) is 0 Å². The summed E-state index contributed by atoms with van der Waals surface area (Å²) in [7, 11) is 0.702. The van der Waals surface area contributed by atoms with Gasteiger partial charge in [0.2, 0.25) is 0 Å². The van der Waals surface area contributed by atoms with Crippen molar-refractivity contribution in [1.29, 1.82) is 0 Å². The summed E-state index contributed by atoms with van der Waals surface area (Å²) in [6, 6.07) is 63.3. The molecule has 9 aromatic carbocycles. The van der Waals surface area contributed by atoms with Gasteiger partial charge in [-0.05, 0) is 170 Å². The van der Waals surface area contributed by atoms with Crippen LogP contribution in [0.25, 0.3) is 76.1 Å². The van der Waals surface area contributed by atoms with Gasteiger partial charge >= 0.3 is 0 Å². The Labute approximate surface area is 415 Å². The molecule has 0 spiro atoms. The topological polar surface area (TPSA) is 0 Å². The fourth-order valence-electron chi connectivity index (χ4n) is 12.1. The van der Waals surface area contributed by atoms with Crippen LogP contribution in [-0.4, -0.2) is 9.52 Å². The van der Waals surface area contributed by atoms with Crippen LogP contribution in [0.1, 0.15) is 134 Å². The molecule has 0 aromatic heterocycles. The van der Waals surface area contributed by atoms with Crippen LogP contribution < -0.4 is 0 Å². The van der Waals surface area contributed by atoms with E-state index in [1.807, 2.05) is 0 Å². The van der Waals surface area contributed by atoms with E-state index >= 15 is 0 Å². The van der Waals surface area contributed by atoms with Crippen LogP contribution in [0.5, 0.6) is 0 Å². The van der Waals surface area contributed by atoms with Gasteiger partial charge in [-0.2, -0.15) is 0 Å². The molecule has 346 valence electrons. The fourth-order valence-corrected chi connectivity index (χ4v) is 14.3. The third kappa shape index (κ3) is 8.71. The number of allylic oxidation sites excluding steroid dienone is 4. The van der Waals surface area contributed by atoms with Crippen LogP contribution in [0.15, 0.2) is 176 Å². The largest absolute Gasteiger partial charge is 0.0760 e. The minimum Gasteiger partial charge on any atom is -0.0760 e. The highest BCUT2D eigenvalue weighted by Gasteiger charge is 2.38. The van der Waals surface area contributed by atoms with Gasteiger partial charge in [0.15, 0.2) is 0 Å². The summed E-state index contributed by atoms with van der Waals surface area (Å²) in [5.74, 6) is 1.75. The van der Waals surface area contributed by atoms with Crippen LogP contribution >= 0.6 is 0 Å². The summed E-state index contributed by atoms with van der Waals surface area (Å²) in [4.78, 5) is 0. The van der Waals surface area contributed by atoms with Crippen molar-refractivity contribution in [3.8, 4) is 11.1 Å². The molecule has 0 saturated heterocycles. The Bertz CT molecular complexity index is 3390. The molecule has 1 aliphatic carbocycles. The quantitative estimate of drug-likeness (QED) is 0.0546. The van der Waals surface area contributed by atoms with E-state index in [9.17, 15) is 0 Å². The van der Waals surface area contributed by atoms with Crippen molar-refractivity contribution in [3.05, 3.63) is 204 Å². The second-order valence-corrected chi connectivity index (χ2v) is 23.7. The molecule has 0 bridgehead atoms. The summed E-state index contributed by atoms with van der Waals surface area (Å²) in [6.07, 6.45) is 13.3. The van der Waals surface area contributed by atoms with Crippen LogP contribution in [0.3, 0.4) is 0 Å². The molecule has 2 radical (unpaired) electrons. The predicted octanol–water partition coefficient (Wildman–Crippen LogP) is 19.6. The van der Waals surface area contributed by atoms with Gasteiger partial charge in [0, 0.05) is 0 Å². The van der Waals surface area contributed by atoms with Crippen LogP contribution in [0.4, 0.5) is 0 Å². The molecular weight excluding hydrogens is 845 g/mol. The highest BCUT2D eigenvalue weighted by Crippen LogP contribution is 2.50. The first-order valence-electron chi connectivity index (χ1n) is 26.2. The second kappa shape index (κ2) is 19.4. The van der Waals surface area contributed by atoms with E-state index in [0.29, 0.717) is 27.3 Å². The van der Waals surface area contributed by atoms with Gasteiger partial charge in [0.25, 0.3) is 0 Å². The number of hydrogen-bond acceptors (Lipinski definition) is 0. The summed E-state index contributed by atoms with van der Waals surface area (Å²) in [6.45, 7) is 19.2. The van der Waals surface area contributed by atoms with Crippen molar-refractivity contribution >= 4 is 74.5 Å². The first-order chi connectivity index (χ1) is 33.5. The zero-order valence-corrected chi connectivity index (χ0v) is 43.4. The molecule has 1 heteroatoms. The normalized spacial score (nSPS) is 15.1. The fraction of sp³-hybridized carbons (Fsp3) is 0.294. The molecule has 2 atom stereocenters. The van der Waals surface area contributed by atoms with Gasteiger partial charge in [-0.1, -0.05) is 238 Å². The van der Waals surface area contributed by atoms with Gasteiger partial charge in [-0.3, -0.25) is 0 Å². The van der Waals surface area contributed by atoms with Crippen LogP contribution in [0, 0.1) is 11.8 Å². The van der Waals surface area contributed by atoms with Crippen molar-refractivity contribution < 1.29 is 0 Å². The van der Waals surface area contributed by atoms with E-state index in [-0.39, 0.29) is 10.1 Å². The Hall–Kier alpha value is -6.02. The average Bonchev–Trinajstić information content (AvgIpc) is 3.39. The lowest BCUT2D eigenvalue weighted by molar-refractivity contribution is 0.492. The van der Waals surface area contributed by atoms with Gasteiger partial charge < -0.3 is 0 Å². The van der Waals surface area contributed by atoms with Crippen molar-refractivity contribution in [2.24, 2.45) is 11.8 Å². The monoisotopic (exact) mass is 915 g/mol. The molecular formula is C68H70Si. The molecule has 0 amide bonds. The maximum Gasteiger partial charge on any atom is 0.0644 e. The predicted molar refractivity (Wildman–Crippen MR) is 305 cm³/mol. The smallest absolute Gasteiger partial charge is 0.0644 e. The Morgan fingerprint density at radius 2 is 1.13 bits per heavy atom. The lowest BCUT2D eigenvalue weighted by Gasteiger charge is -2.40. The maximum absolute atomic E-state index is 2.67. The molecule has 0 saturated carbocycles. The number of hydrogen-bond donors (Lipinski definition) is 0. The van der Waals surface area contributed by atoms with Crippen molar-refractivity contribution in [2.45, 2.75) is 116 Å². The van der Waals surface area contributed by atoms with Crippen molar-refractivity contribution in [2.75, 3.05) is 0 Å². The molecule has 69 heavy (non-hydrogen) atoms. The summed E-state index contributed by atoms with van der Waals surface area (Å²) in [5.41, 5.74) is 12.6.